The number of anilines is 2. The van der Waals surface area contributed by atoms with E-state index in [-0.39, 0.29) is 27.9 Å². The second-order valence-corrected chi connectivity index (χ2v) is 4.57. The molecule has 9 heteroatoms. The largest absolute Gasteiger partial charge is 0.417 e. The minimum atomic E-state index is -4.45. The Morgan fingerprint density at radius 2 is 2.05 bits per heavy atom. The number of halogens is 5. The molecule has 0 radical (unpaired) electrons. The van der Waals surface area contributed by atoms with E-state index in [1.54, 1.807) is 0 Å². The molecule has 1 N–H and O–H groups in total. The highest BCUT2D eigenvalue weighted by Gasteiger charge is 2.33. The molecule has 0 saturated heterocycles. The maximum absolute atomic E-state index is 12.7. The van der Waals surface area contributed by atoms with Gasteiger partial charge >= 0.3 is 12.2 Å². The zero-order chi connectivity index (χ0) is 14.0. The van der Waals surface area contributed by atoms with E-state index in [1.165, 1.54) is 12.1 Å². The molecule has 2 aromatic rings. The maximum Gasteiger partial charge on any atom is 0.417 e. The molecule has 0 spiro atoms. The van der Waals surface area contributed by atoms with Gasteiger partial charge in [-0.05, 0) is 18.2 Å². The molecule has 1 aromatic carbocycles. The van der Waals surface area contributed by atoms with Crippen LogP contribution < -0.4 is 5.32 Å². The predicted molar refractivity (Wildman–Crippen MR) is 66.3 cm³/mol. The van der Waals surface area contributed by atoms with Gasteiger partial charge in [-0.25, -0.2) is 0 Å². The molecule has 0 atom stereocenters. The summed E-state index contributed by atoms with van der Waals surface area (Å²) >= 11 is 8.32. The Kier molecular flexibility index (Phi) is 4.00. The first-order valence-electron chi connectivity index (χ1n) is 4.92. The van der Waals surface area contributed by atoms with Crippen molar-refractivity contribution in [3.63, 3.8) is 0 Å². The van der Waals surface area contributed by atoms with Crippen molar-refractivity contribution in [3.05, 3.63) is 34.1 Å². The Hall–Kier alpha value is -1.28. The normalized spacial score (nSPS) is 11.6. The Labute approximate surface area is 119 Å². The van der Waals surface area contributed by atoms with Crippen LogP contribution in [0.3, 0.4) is 0 Å². The summed E-state index contributed by atoms with van der Waals surface area (Å²) in [5, 5.41) is 9.75. The van der Waals surface area contributed by atoms with Crippen molar-refractivity contribution in [3.8, 4) is 0 Å². The maximum atomic E-state index is 12.7. The molecular formula is C10H6BrClF3N3O. The van der Waals surface area contributed by atoms with Gasteiger partial charge in [0.2, 0.25) is 5.89 Å². The van der Waals surface area contributed by atoms with Crippen LogP contribution in [0.2, 0.25) is 0 Å². The number of hydrogen-bond donors (Lipinski definition) is 1. The van der Waals surface area contributed by atoms with Crippen LogP contribution in [-0.2, 0) is 12.1 Å². The van der Waals surface area contributed by atoms with E-state index in [0.717, 1.165) is 6.07 Å². The standard InChI is InChI=1S/C10H6BrClF3N3O/c11-7-2-1-5(3-6(7)10(13,14)15)16-9-18-17-8(4-12)19-9/h1-3H,4H2,(H,16,18). The van der Waals surface area contributed by atoms with Crippen molar-refractivity contribution in [2.75, 3.05) is 5.32 Å². The van der Waals surface area contributed by atoms with Crippen molar-refractivity contribution >= 4 is 39.2 Å². The topological polar surface area (TPSA) is 51.0 Å². The van der Waals surface area contributed by atoms with Crippen LogP contribution in [0.15, 0.2) is 27.1 Å². The second kappa shape index (κ2) is 5.38. The fourth-order valence-electron chi connectivity index (χ4n) is 1.30. The summed E-state index contributed by atoms with van der Waals surface area (Å²) in [4.78, 5) is 0. The molecule has 0 saturated carbocycles. The predicted octanol–water partition coefficient (Wildman–Crippen LogP) is 4.33. The molecular weight excluding hydrogens is 350 g/mol. The molecule has 0 aliphatic rings. The summed E-state index contributed by atoms with van der Waals surface area (Å²) < 4.78 is 43.1. The van der Waals surface area contributed by atoms with E-state index in [0.29, 0.717) is 0 Å². The summed E-state index contributed by atoms with van der Waals surface area (Å²) in [6, 6.07) is 3.65. The Morgan fingerprint density at radius 3 is 2.63 bits per heavy atom. The summed E-state index contributed by atoms with van der Waals surface area (Å²) in [6.07, 6.45) is -4.45. The van der Waals surface area contributed by atoms with Gasteiger partial charge in [0.05, 0.1) is 5.56 Å². The van der Waals surface area contributed by atoms with Gasteiger partial charge in [0, 0.05) is 10.2 Å². The second-order valence-electron chi connectivity index (χ2n) is 3.45. The van der Waals surface area contributed by atoms with Crippen molar-refractivity contribution in [2.24, 2.45) is 0 Å². The minimum absolute atomic E-state index is 0.0221. The smallest absolute Gasteiger partial charge is 0.407 e. The Bertz CT molecular complexity index is 588. The Morgan fingerprint density at radius 1 is 1.32 bits per heavy atom. The molecule has 0 aliphatic carbocycles. The molecule has 19 heavy (non-hydrogen) atoms. The fourth-order valence-corrected chi connectivity index (χ4v) is 1.88. The zero-order valence-corrected chi connectivity index (χ0v) is 11.5. The van der Waals surface area contributed by atoms with Crippen LogP contribution in [0.4, 0.5) is 24.9 Å². The van der Waals surface area contributed by atoms with Crippen LogP contribution in [0.1, 0.15) is 11.5 Å². The summed E-state index contributed by atoms with van der Waals surface area (Å²) in [6.45, 7) is 0. The molecule has 0 aliphatic heterocycles. The lowest BCUT2D eigenvalue weighted by Crippen LogP contribution is -2.06. The van der Waals surface area contributed by atoms with Gasteiger partial charge in [-0.2, -0.15) is 13.2 Å². The minimum Gasteiger partial charge on any atom is -0.407 e. The van der Waals surface area contributed by atoms with E-state index < -0.39 is 11.7 Å². The average molecular weight is 357 g/mol. The van der Waals surface area contributed by atoms with Gasteiger partial charge in [0.1, 0.15) is 5.88 Å². The molecule has 0 bridgehead atoms. The average Bonchev–Trinajstić information content (AvgIpc) is 2.78. The molecule has 0 amide bonds. The molecule has 4 nitrogen and oxygen atoms in total. The number of hydrogen-bond acceptors (Lipinski definition) is 4. The number of benzene rings is 1. The van der Waals surface area contributed by atoms with Gasteiger partial charge in [-0.1, -0.05) is 21.0 Å². The fraction of sp³-hybridized carbons (Fsp3) is 0.200. The third-order valence-electron chi connectivity index (χ3n) is 2.10. The first-order chi connectivity index (χ1) is 8.90. The van der Waals surface area contributed by atoms with Crippen LogP contribution in [0.5, 0.6) is 0 Å². The number of nitrogens with zero attached hydrogens (tertiary/aromatic N) is 2. The molecule has 0 fully saturated rings. The zero-order valence-electron chi connectivity index (χ0n) is 9.13. The number of rotatable bonds is 3. The monoisotopic (exact) mass is 355 g/mol. The lowest BCUT2D eigenvalue weighted by molar-refractivity contribution is -0.138. The van der Waals surface area contributed by atoms with E-state index in [1.807, 2.05) is 0 Å². The third kappa shape index (κ3) is 3.38. The van der Waals surface area contributed by atoms with Crippen LogP contribution in [0, 0.1) is 0 Å². The first-order valence-corrected chi connectivity index (χ1v) is 6.25. The van der Waals surface area contributed by atoms with Crippen molar-refractivity contribution in [2.45, 2.75) is 12.1 Å². The van der Waals surface area contributed by atoms with E-state index in [4.69, 9.17) is 16.0 Å². The van der Waals surface area contributed by atoms with Crippen LogP contribution in [0.25, 0.3) is 0 Å². The lowest BCUT2D eigenvalue weighted by Gasteiger charge is -2.10. The van der Waals surface area contributed by atoms with Crippen molar-refractivity contribution < 1.29 is 17.6 Å². The van der Waals surface area contributed by atoms with E-state index in [2.05, 4.69) is 31.4 Å². The van der Waals surface area contributed by atoms with Gasteiger partial charge in [0.25, 0.3) is 0 Å². The summed E-state index contributed by atoms with van der Waals surface area (Å²) in [7, 11) is 0. The highest BCUT2D eigenvalue weighted by Crippen LogP contribution is 2.36. The summed E-state index contributed by atoms with van der Waals surface area (Å²) in [5.74, 6) is 0.209. The highest BCUT2D eigenvalue weighted by atomic mass is 79.9. The van der Waals surface area contributed by atoms with Crippen molar-refractivity contribution in [1.82, 2.24) is 10.2 Å². The number of alkyl halides is 4. The molecule has 1 aromatic heterocycles. The quantitative estimate of drug-likeness (QED) is 0.832. The van der Waals surface area contributed by atoms with Gasteiger partial charge < -0.3 is 9.73 Å². The molecule has 2 rings (SSSR count). The highest BCUT2D eigenvalue weighted by molar-refractivity contribution is 9.10. The Balaban J connectivity index is 2.26. The summed E-state index contributed by atoms with van der Waals surface area (Å²) in [5.41, 5.74) is -0.616. The lowest BCUT2D eigenvalue weighted by atomic mass is 10.2. The molecule has 102 valence electrons. The van der Waals surface area contributed by atoms with Crippen LogP contribution >= 0.6 is 27.5 Å². The van der Waals surface area contributed by atoms with Gasteiger partial charge in [-0.15, -0.1) is 16.7 Å². The number of aromatic nitrogens is 2. The third-order valence-corrected chi connectivity index (χ3v) is 3.02. The number of nitrogens with one attached hydrogen (secondary N) is 1. The SMILES string of the molecule is FC(F)(F)c1cc(Nc2nnc(CCl)o2)ccc1Br. The first kappa shape index (κ1) is 14.1. The molecule has 1 heterocycles. The molecule has 0 unspecified atom stereocenters. The van der Waals surface area contributed by atoms with E-state index in [9.17, 15) is 13.2 Å². The van der Waals surface area contributed by atoms with E-state index >= 15 is 0 Å². The van der Waals surface area contributed by atoms with Crippen molar-refractivity contribution in [1.29, 1.82) is 0 Å². The van der Waals surface area contributed by atoms with Crippen LogP contribution in [-0.4, -0.2) is 10.2 Å². The van der Waals surface area contributed by atoms with Gasteiger partial charge in [0.15, 0.2) is 0 Å². The van der Waals surface area contributed by atoms with Gasteiger partial charge in [-0.3, -0.25) is 0 Å².